The molecule has 1 rings (SSSR count). The number of rotatable bonds is 6. The number of nitrogens with zero attached hydrogens (tertiary/aromatic N) is 3. The van der Waals surface area contributed by atoms with E-state index in [2.05, 4.69) is 20.5 Å². The molecule has 1 unspecified atom stereocenters. The Balaban J connectivity index is 2.38. The summed E-state index contributed by atoms with van der Waals surface area (Å²) in [6.07, 6.45) is 2.33. The Morgan fingerprint density at radius 2 is 2.33 bits per heavy atom. The molecule has 0 aromatic carbocycles. The quantitative estimate of drug-likeness (QED) is 0.589. The fourth-order valence-corrected chi connectivity index (χ4v) is 1.13. The van der Waals surface area contributed by atoms with Gasteiger partial charge in [0.05, 0.1) is 11.9 Å². The predicted octanol–water partition coefficient (Wildman–Crippen LogP) is -0.451. The van der Waals surface area contributed by atoms with Crippen molar-refractivity contribution in [1.29, 1.82) is 0 Å². The molecule has 1 heterocycles. The molecular weight excluding hydrogens is 194 g/mol. The number of aliphatic hydroxyl groups excluding tert-OH is 1. The molecule has 0 amide bonds. The molecule has 0 fully saturated rings. The maximum Gasteiger partial charge on any atom is 0.242 e. The van der Waals surface area contributed by atoms with Crippen molar-refractivity contribution in [2.75, 3.05) is 25.0 Å². The highest BCUT2D eigenvalue weighted by atomic mass is 16.3. The summed E-state index contributed by atoms with van der Waals surface area (Å²) in [7, 11) is 0. The molecule has 0 saturated heterocycles. The summed E-state index contributed by atoms with van der Waals surface area (Å²) in [6, 6.07) is 0. The summed E-state index contributed by atoms with van der Waals surface area (Å²) < 4.78 is 0. The summed E-state index contributed by atoms with van der Waals surface area (Å²) in [4.78, 5) is 4.06. The van der Waals surface area contributed by atoms with Gasteiger partial charge in [-0.3, -0.25) is 0 Å². The van der Waals surface area contributed by atoms with Crippen molar-refractivity contribution in [3.63, 3.8) is 0 Å². The van der Waals surface area contributed by atoms with Crippen LogP contribution in [0, 0.1) is 12.8 Å². The fraction of sp³-hybridized carbons (Fsp3) is 0.667. The number of anilines is 1. The van der Waals surface area contributed by atoms with Crippen molar-refractivity contribution in [2.24, 2.45) is 11.7 Å². The van der Waals surface area contributed by atoms with Crippen LogP contribution in [-0.4, -0.2) is 40.0 Å². The molecule has 1 aromatic heterocycles. The lowest BCUT2D eigenvalue weighted by Gasteiger charge is -2.13. The molecule has 84 valence electrons. The predicted molar refractivity (Wildman–Crippen MR) is 57.3 cm³/mol. The highest BCUT2D eigenvalue weighted by molar-refractivity contribution is 5.21. The molecule has 1 aromatic rings. The van der Waals surface area contributed by atoms with Crippen molar-refractivity contribution in [3.05, 3.63) is 11.9 Å². The highest BCUT2D eigenvalue weighted by Crippen LogP contribution is 2.02. The number of nitrogens with one attached hydrogen (secondary N) is 1. The standard InChI is InChI=1S/C9H17N5O/c1-7-5-11-9(14-13-7)12-6-8(4-10)2-3-15/h5,8,15H,2-4,6,10H2,1H3,(H,11,12,14). The van der Waals surface area contributed by atoms with Gasteiger partial charge in [0.1, 0.15) is 0 Å². The first-order chi connectivity index (χ1) is 7.26. The Bertz CT molecular complexity index is 276. The third-order valence-corrected chi connectivity index (χ3v) is 2.10. The van der Waals surface area contributed by atoms with Crippen LogP contribution in [0.25, 0.3) is 0 Å². The van der Waals surface area contributed by atoms with Gasteiger partial charge in [-0.1, -0.05) is 0 Å². The number of nitrogens with two attached hydrogens (primary N) is 1. The number of aliphatic hydroxyl groups is 1. The largest absolute Gasteiger partial charge is 0.396 e. The molecular formula is C9H17N5O. The Kier molecular flexibility index (Phi) is 4.92. The maximum atomic E-state index is 8.77. The van der Waals surface area contributed by atoms with Crippen LogP contribution in [0.5, 0.6) is 0 Å². The molecule has 0 bridgehead atoms. The van der Waals surface area contributed by atoms with E-state index >= 15 is 0 Å². The van der Waals surface area contributed by atoms with Crippen LogP contribution in [0.15, 0.2) is 6.20 Å². The van der Waals surface area contributed by atoms with Gasteiger partial charge in [0, 0.05) is 13.2 Å². The van der Waals surface area contributed by atoms with E-state index < -0.39 is 0 Å². The maximum absolute atomic E-state index is 8.77. The van der Waals surface area contributed by atoms with Crippen LogP contribution in [-0.2, 0) is 0 Å². The Morgan fingerprint density at radius 1 is 1.53 bits per heavy atom. The van der Waals surface area contributed by atoms with Crippen LogP contribution < -0.4 is 11.1 Å². The zero-order chi connectivity index (χ0) is 11.1. The summed E-state index contributed by atoms with van der Waals surface area (Å²) in [6.45, 7) is 3.17. The summed E-state index contributed by atoms with van der Waals surface area (Å²) in [5, 5.41) is 19.5. The van der Waals surface area contributed by atoms with Crippen molar-refractivity contribution >= 4 is 5.95 Å². The van der Waals surface area contributed by atoms with Crippen molar-refractivity contribution < 1.29 is 5.11 Å². The minimum Gasteiger partial charge on any atom is -0.396 e. The molecule has 0 spiro atoms. The van der Waals surface area contributed by atoms with E-state index in [1.54, 1.807) is 6.20 Å². The minimum atomic E-state index is 0.149. The van der Waals surface area contributed by atoms with E-state index in [-0.39, 0.29) is 12.5 Å². The van der Waals surface area contributed by atoms with E-state index in [9.17, 15) is 0 Å². The number of hydrogen-bond acceptors (Lipinski definition) is 6. The second-order valence-electron chi connectivity index (χ2n) is 3.42. The monoisotopic (exact) mass is 211 g/mol. The smallest absolute Gasteiger partial charge is 0.242 e. The van der Waals surface area contributed by atoms with Gasteiger partial charge in [-0.05, 0) is 25.8 Å². The fourth-order valence-electron chi connectivity index (χ4n) is 1.13. The average Bonchev–Trinajstić information content (AvgIpc) is 2.26. The zero-order valence-corrected chi connectivity index (χ0v) is 8.85. The normalized spacial score (nSPS) is 12.5. The first-order valence-electron chi connectivity index (χ1n) is 4.97. The first-order valence-corrected chi connectivity index (χ1v) is 4.97. The SMILES string of the molecule is Cc1cnc(NCC(CN)CCO)nn1. The summed E-state index contributed by atoms with van der Waals surface area (Å²) in [5.41, 5.74) is 6.32. The highest BCUT2D eigenvalue weighted by Gasteiger charge is 2.06. The number of hydrogen-bond donors (Lipinski definition) is 3. The van der Waals surface area contributed by atoms with Crippen LogP contribution >= 0.6 is 0 Å². The van der Waals surface area contributed by atoms with E-state index in [0.29, 0.717) is 25.5 Å². The first kappa shape index (κ1) is 11.8. The van der Waals surface area contributed by atoms with E-state index in [1.165, 1.54) is 0 Å². The summed E-state index contributed by atoms with van der Waals surface area (Å²) >= 11 is 0. The lowest BCUT2D eigenvalue weighted by molar-refractivity contribution is 0.262. The Morgan fingerprint density at radius 3 is 2.87 bits per heavy atom. The molecule has 6 nitrogen and oxygen atoms in total. The molecule has 0 aliphatic carbocycles. The topological polar surface area (TPSA) is 97.0 Å². The second kappa shape index (κ2) is 6.26. The van der Waals surface area contributed by atoms with Crippen molar-refractivity contribution in [3.8, 4) is 0 Å². The van der Waals surface area contributed by atoms with E-state index in [0.717, 1.165) is 5.69 Å². The van der Waals surface area contributed by atoms with Crippen LogP contribution in [0.3, 0.4) is 0 Å². The van der Waals surface area contributed by atoms with Crippen LogP contribution in [0.4, 0.5) is 5.95 Å². The van der Waals surface area contributed by atoms with Crippen molar-refractivity contribution in [1.82, 2.24) is 15.2 Å². The van der Waals surface area contributed by atoms with E-state index in [4.69, 9.17) is 10.8 Å². The molecule has 0 aliphatic rings. The number of aromatic nitrogens is 3. The number of aryl methyl sites for hydroxylation is 1. The summed E-state index contributed by atoms with van der Waals surface area (Å²) in [5.74, 6) is 0.733. The van der Waals surface area contributed by atoms with Gasteiger partial charge in [-0.25, -0.2) is 4.98 Å². The molecule has 6 heteroatoms. The van der Waals surface area contributed by atoms with E-state index in [1.807, 2.05) is 6.92 Å². The molecule has 0 saturated carbocycles. The van der Waals surface area contributed by atoms with Crippen LogP contribution in [0.2, 0.25) is 0 Å². The van der Waals surface area contributed by atoms with Gasteiger partial charge >= 0.3 is 0 Å². The minimum absolute atomic E-state index is 0.149. The van der Waals surface area contributed by atoms with Crippen LogP contribution in [0.1, 0.15) is 12.1 Å². The molecule has 1 atom stereocenters. The molecule has 15 heavy (non-hydrogen) atoms. The lowest BCUT2D eigenvalue weighted by atomic mass is 10.1. The molecule has 4 N–H and O–H groups in total. The zero-order valence-electron chi connectivity index (χ0n) is 8.85. The Labute approximate surface area is 88.9 Å². The van der Waals surface area contributed by atoms with Gasteiger partial charge in [0.25, 0.3) is 0 Å². The molecule has 0 radical (unpaired) electrons. The average molecular weight is 211 g/mol. The van der Waals surface area contributed by atoms with Gasteiger partial charge in [0.15, 0.2) is 0 Å². The van der Waals surface area contributed by atoms with Gasteiger partial charge in [-0.15, -0.1) is 5.10 Å². The third-order valence-electron chi connectivity index (χ3n) is 2.10. The molecule has 0 aliphatic heterocycles. The second-order valence-corrected chi connectivity index (χ2v) is 3.42. The third kappa shape index (κ3) is 4.18. The van der Waals surface area contributed by atoms with Gasteiger partial charge in [-0.2, -0.15) is 5.10 Å². The Hall–Kier alpha value is -1.27. The van der Waals surface area contributed by atoms with Crippen molar-refractivity contribution in [2.45, 2.75) is 13.3 Å². The van der Waals surface area contributed by atoms with Gasteiger partial charge < -0.3 is 16.2 Å². The lowest BCUT2D eigenvalue weighted by Crippen LogP contribution is -2.24. The van der Waals surface area contributed by atoms with Gasteiger partial charge in [0.2, 0.25) is 5.95 Å².